The zero-order valence-corrected chi connectivity index (χ0v) is 12.2. The molecule has 0 aromatic carbocycles. The summed E-state index contributed by atoms with van der Waals surface area (Å²) in [4.78, 5) is 4.45. The Bertz CT molecular complexity index is 395. The van der Waals surface area contributed by atoms with Crippen LogP contribution < -0.4 is 5.73 Å². The molecular formula is C14H25N3O2. The Morgan fingerprint density at radius 1 is 1.47 bits per heavy atom. The molecular weight excluding hydrogens is 242 g/mol. The number of nitrogens with two attached hydrogens (primary N) is 1. The fourth-order valence-electron chi connectivity index (χ4n) is 2.70. The standard InChI is InChI=1S/C14H25N3O2/c1-4-14(2,18-3)13-16-12(19-17-13)9-11(15)10-7-5-6-8-10/h10-11H,4-9,15H2,1-3H3. The first-order valence-electron chi connectivity index (χ1n) is 7.23. The van der Waals surface area contributed by atoms with Crippen LogP contribution in [0.3, 0.4) is 0 Å². The number of hydrogen-bond acceptors (Lipinski definition) is 5. The largest absolute Gasteiger partial charge is 0.370 e. The molecule has 1 saturated carbocycles. The second kappa shape index (κ2) is 6.01. The highest BCUT2D eigenvalue weighted by atomic mass is 16.5. The molecule has 2 rings (SSSR count). The number of aromatic nitrogens is 2. The smallest absolute Gasteiger partial charge is 0.228 e. The zero-order valence-electron chi connectivity index (χ0n) is 12.2. The van der Waals surface area contributed by atoms with Crippen molar-refractivity contribution in [2.45, 2.75) is 64.0 Å². The molecule has 1 fully saturated rings. The van der Waals surface area contributed by atoms with Crippen LogP contribution in [-0.4, -0.2) is 23.3 Å². The molecule has 1 aliphatic carbocycles. The summed E-state index contributed by atoms with van der Waals surface area (Å²) >= 11 is 0. The number of ether oxygens (including phenoxy) is 1. The van der Waals surface area contributed by atoms with Crippen molar-refractivity contribution in [1.29, 1.82) is 0 Å². The minimum absolute atomic E-state index is 0.131. The lowest BCUT2D eigenvalue weighted by Crippen LogP contribution is -2.31. The summed E-state index contributed by atoms with van der Waals surface area (Å²) in [7, 11) is 1.67. The molecule has 2 N–H and O–H groups in total. The summed E-state index contributed by atoms with van der Waals surface area (Å²) in [6, 6.07) is 0.131. The molecule has 0 saturated heterocycles. The summed E-state index contributed by atoms with van der Waals surface area (Å²) < 4.78 is 10.8. The van der Waals surface area contributed by atoms with Gasteiger partial charge in [0.1, 0.15) is 5.60 Å². The Morgan fingerprint density at radius 3 is 2.74 bits per heavy atom. The Morgan fingerprint density at radius 2 is 2.16 bits per heavy atom. The zero-order chi connectivity index (χ0) is 13.9. The molecule has 0 bridgehead atoms. The van der Waals surface area contributed by atoms with Gasteiger partial charge >= 0.3 is 0 Å². The maximum absolute atomic E-state index is 6.24. The van der Waals surface area contributed by atoms with E-state index >= 15 is 0 Å². The molecule has 1 aromatic heterocycles. The maximum Gasteiger partial charge on any atom is 0.228 e. The van der Waals surface area contributed by atoms with E-state index in [1.165, 1.54) is 25.7 Å². The molecule has 5 heteroatoms. The molecule has 0 aliphatic heterocycles. The van der Waals surface area contributed by atoms with Crippen LogP contribution in [0.15, 0.2) is 4.52 Å². The van der Waals surface area contributed by atoms with E-state index in [0.717, 1.165) is 6.42 Å². The van der Waals surface area contributed by atoms with Gasteiger partial charge in [0.05, 0.1) is 0 Å². The van der Waals surface area contributed by atoms with E-state index < -0.39 is 5.60 Å². The molecule has 0 radical (unpaired) electrons. The summed E-state index contributed by atoms with van der Waals surface area (Å²) in [5.41, 5.74) is 5.76. The summed E-state index contributed by atoms with van der Waals surface area (Å²) in [5.74, 6) is 1.85. The van der Waals surface area contributed by atoms with E-state index in [1.54, 1.807) is 7.11 Å². The van der Waals surface area contributed by atoms with Gasteiger partial charge in [-0.1, -0.05) is 24.9 Å². The van der Waals surface area contributed by atoms with E-state index in [0.29, 0.717) is 24.1 Å². The van der Waals surface area contributed by atoms with Crippen LogP contribution in [0.25, 0.3) is 0 Å². The minimum atomic E-state index is -0.473. The van der Waals surface area contributed by atoms with Crippen molar-refractivity contribution in [2.24, 2.45) is 11.7 Å². The van der Waals surface area contributed by atoms with Crippen LogP contribution in [0.5, 0.6) is 0 Å². The van der Waals surface area contributed by atoms with Gasteiger partial charge in [-0.2, -0.15) is 4.98 Å². The van der Waals surface area contributed by atoms with Gasteiger partial charge in [0.15, 0.2) is 0 Å². The predicted octanol–water partition coefficient (Wildman–Crippen LogP) is 2.40. The lowest BCUT2D eigenvalue weighted by Gasteiger charge is -2.21. The Kier molecular flexibility index (Phi) is 4.58. The van der Waals surface area contributed by atoms with Crippen LogP contribution >= 0.6 is 0 Å². The molecule has 1 aliphatic rings. The molecule has 0 amide bonds. The van der Waals surface area contributed by atoms with E-state index in [4.69, 9.17) is 15.0 Å². The van der Waals surface area contributed by atoms with E-state index in [1.807, 2.05) is 13.8 Å². The van der Waals surface area contributed by atoms with Crippen LogP contribution in [-0.2, 0) is 16.8 Å². The highest BCUT2D eigenvalue weighted by Crippen LogP contribution is 2.29. The summed E-state index contributed by atoms with van der Waals surface area (Å²) in [5, 5.41) is 4.04. The SMILES string of the molecule is CCC(C)(OC)c1noc(CC(N)C2CCCC2)n1. The van der Waals surface area contributed by atoms with Crippen LogP contribution in [0, 0.1) is 5.92 Å². The van der Waals surface area contributed by atoms with Crippen molar-refractivity contribution < 1.29 is 9.26 Å². The fraction of sp³-hybridized carbons (Fsp3) is 0.857. The van der Waals surface area contributed by atoms with E-state index in [2.05, 4.69) is 10.1 Å². The van der Waals surface area contributed by atoms with Gasteiger partial charge in [-0.15, -0.1) is 0 Å². The van der Waals surface area contributed by atoms with Gasteiger partial charge in [0.2, 0.25) is 11.7 Å². The van der Waals surface area contributed by atoms with Gasteiger partial charge in [0.25, 0.3) is 0 Å². The predicted molar refractivity (Wildman–Crippen MR) is 72.6 cm³/mol. The van der Waals surface area contributed by atoms with Crippen molar-refractivity contribution in [2.75, 3.05) is 7.11 Å². The third kappa shape index (κ3) is 3.15. The van der Waals surface area contributed by atoms with Gasteiger partial charge in [-0.3, -0.25) is 0 Å². The van der Waals surface area contributed by atoms with E-state index in [9.17, 15) is 0 Å². The molecule has 2 atom stereocenters. The molecule has 19 heavy (non-hydrogen) atoms. The number of nitrogens with zero attached hydrogens (tertiary/aromatic N) is 2. The normalized spacial score (nSPS) is 21.5. The second-order valence-electron chi connectivity index (χ2n) is 5.71. The van der Waals surface area contributed by atoms with Crippen LogP contribution in [0.1, 0.15) is 57.7 Å². The van der Waals surface area contributed by atoms with Crippen LogP contribution in [0.4, 0.5) is 0 Å². The second-order valence-corrected chi connectivity index (χ2v) is 5.71. The first-order valence-corrected chi connectivity index (χ1v) is 7.23. The van der Waals surface area contributed by atoms with Crippen molar-refractivity contribution in [3.8, 4) is 0 Å². The number of rotatable bonds is 6. The quantitative estimate of drug-likeness (QED) is 0.856. The van der Waals surface area contributed by atoms with Crippen molar-refractivity contribution in [3.63, 3.8) is 0 Å². The molecule has 2 unspecified atom stereocenters. The van der Waals surface area contributed by atoms with Gasteiger partial charge < -0.3 is 15.0 Å². The number of methoxy groups -OCH3 is 1. The van der Waals surface area contributed by atoms with Crippen molar-refractivity contribution >= 4 is 0 Å². The molecule has 0 spiro atoms. The highest BCUT2D eigenvalue weighted by Gasteiger charge is 2.31. The lowest BCUT2D eigenvalue weighted by molar-refractivity contribution is -0.0106. The molecule has 5 nitrogen and oxygen atoms in total. The van der Waals surface area contributed by atoms with Crippen LogP contribution in [0.2, 0.25) is 0 Å². The average molecular weight is 267 g/mol. The summed E-state index contributed by atoms with van der Waals surface area (Å²) in [6.45, 7) is 4.02. The van der Waals surface area contributed by atoms with Gasteiger partial charge in [0, 0.05) is 19.6 Å². The topological polar surface area (TPSA) is 74.2 Å². The molecule has 1 heterocycles. The van der Waals surface area contributed by atoms with E-state index in [-0.39, 0.29) is 6.04 Å². The first-order chi connectivity index (χ1) is 9.09. The minimum Gasteiger partial charge on any atom is -0.370 e. The number of hydrogen-bond donors (Lipinski definition) is 1. The Hall–Kier alpha value is -0.940. The van der Waals surface area contributed by atoms with Gasteiger partial charge in [-0.25, -0.2) is 0 Å². The molecule has 1 aromatic rings. The lowest BCUT2D eigenvalue weighted by atomic mass is 9.96. The third-order valence-corrected chi connectivity index (χ3v) is 4.48. The van der Waals surface area contributed by atoms with Crippen molar-refractivity contribution in [1.82, 2.24) is 10.1 Å². The monoisotopic (exact) mass is 267 g/mol. The Labute approximate surface area is 114 Å². The fourth-order valence-corrected chi connectivity index (χ4v) is 2.70. The van der Waals surface area contributed by atoms with Gasteiger partial charge in [-0.05, 0) is 32.1 Å². The Balaban J connectivity index is 2.00. The highest BCUT2D eigenvalue weighted by molar-refractivity contribution is 5.00. The van der Waals surface area contributed by atoms with Crippen molar-refractivity contribution in [3.05, 3.63) is 11.7 Å². The average Bonchev–Trinajstić information content (AvgIpc) is 3.08. The summed E-state index contributed by atoms with van der Waals surface area (Å²) in [6.07, 6.45) is 6.52. The molecule has 108 valence electrons. The maximum atomic E-state index is 6.24. The first kappa shape index (κ1) is 14.5. The third-order valence-electron chi connectivity index (χ3n) is 4.48.